The highest BCUT2D eigenvalue weighted by Crippen LogP contribution is 2.16. The molecule has 7 heteroatoms. The van der Waals surface area contributed by atoms with E-state index in [-0.39, 0.29) is 36.5 Å². The Kier molecular flexibility index (Phi) is 6.16. The number of rotatable bonds is 4. The molecule has 0 unspecified atom stereocenters. The van der Waals surface area contributed by atoms with Gasteiger partial charge in [0, 0.05) is 19.1 Å². The second kappa shape index (κ2) is 7.40. The van der Waals surface area contributed by atoms with Crippen molar-refractivity contribution in [3.63, 3.8) is 0 Å². The fourth-order valence-corrected chi connectivity index (χ4v) is 2.09. The van der Waals surface area contributed by atoms with Crippen molar-refractivity contribution in [3.05, 3.63) is 29.8 Å². The van der Waals surface area contributed by atoms with Crippen LogP contribution in [-0.4, -0.2) is 36.5 Å². The first-order valence-corrected chi connectivity index (χ1v) is 6.11. The molecule has 0 bridgehead atoms. The third-order valence-corrected chi connectivity index (χ3v) is 3.08. The van der Waals surface area contributed by atoms with Crippen LogP contribution in [0.25, 0.3) is 0 Å². The van der Waals surface area contributed by atoms with E-state index in [0.717, 1.165) is 12.0 Å². The summed E-state index contributed by atoms with van der Waals surface area (Å²) < 4.78 is 28.2. The van der Waals surface area contributed by atoms with Crippen LogP contribution in [0.15, 0.2) is 24.3 Å². The number of hydrogen-bond donors (Lipinski definition) is 1. The van der Waals surface area contributed by atoms with Crippen molar-refractivity contribution < 1.29 is 18.3 Å². The van der Waals surface area contributed by atoms with E-state index < -0.39 is 6.61 Å². The van der Waals surface area contributed by atoms with Crippen LogP contribution >= 0.6 is 12.4 Å². The monoisotopic (exact) mass is 306 g/mol. The Morgan fingerprint density at radius 2 is 2.05 bits per heavy atom. The highest BCUT2D eigenvalue weighted by Gasteiger charge is 2.23. The number of alkyl halides is 2. The van der Waals surface area contributed by atoms with Crippen molar-refractivity contribution in [2.24, 2.45) is 5.73 Å². The van der Waals surface area contributed by atoms with Gasteiger partial charge in [-0.3, -0.25) is 4.79 Å². The van der Waals surface area contributed by atoms with Crippen molar-refractivity contribution in [1.29, 1.82) is 0 Å². The summed E-state index contributed by atoms with van der Waals surface area (Å²) in [6.45, 7) is -1.56. The topological polar surface area (TPSA) is 55.6 Å². The Morgan fingerprint density at radius 3 is 2.55 bits per heavy atom. The van der Waals surface area contributed by atoms with Gasteiger partial charge in [0.15, 0.2) is 0 Å². The number of hydrogen-bond acceptors (Lipinski definition) is 3. The molecule has 20 heavy (non-hydrogen) atoms. The van der Waals surface area contributed by atoms with Gasteiger partial charge in [-0.2, -0.15) is 8.78 Å². The van der Waals surface area contributed by atoms with Crippen LogP contribution < -0.4 is 10.5 Å². The molecule has 1 aromatic rings. The van der Waals surface area contributed by atoms with Gasteiger partial charge in [0.1, 0.15) is 5.75 Å². The van der Waals surface area contributed by atoms with E-state index >= 15 is 0 Å². The Bertz CT molecular complexity index is 443. The molecule has 0 aliphatic carbocycles. The summed E-state index contributed by atoms with van der Waals surface area (Å²) in [6.07, 6.45) is 1.08. The zero-order chi connectivity index (χ0) is 13.8. The Balaban J connectivity index is 0.00000200. The third kappa shape index (κ3) is 4.61. The average Bonchev–Trinajstić information content (AvgIpc) is 2.78. The van der Waals surface area contributed by atoms with Crippen LogP contribution in [0.4, 0.5) is 8.78 Å². The van der Waals surface area contributed by atoms with Gasteiger partial charge in [-0.05, 0) is 24.1 Å². The van der Waals surface area contributed by atoms with Crippen molar-refractivity contribution in [2.75, 3.05) is 13.1 Å². The molecule has 1 saturated heterocycles. The maximum absolute atomic E-state index is 12.0. The molecule has 0 aromatic heterocycles. The zero-order valence-corrected chi connectivity index (χ0v) is 11.6. The molecule has 1 aromatic carbocycles. The van der Waals surface area contributed by atoms with Gasteiger partial charge in [0.2, 0.25) is 5.91 Å². The minimum absolute atomic E-state index is 0. The van der Waals surface area contributed by atoms with Crippen molar-refractivity contribution >= 4 is 18.3 Å². The third-order valence-electron chi connectivity index (χ3n) is 3.08. The van der Waals surface area contributed by atoms with E-state index in [9.17, 15) is 13.6 Å². The summed E-state index contributed by atoms with van der Waals surface area (Å²) in [7, 11) is 0. The zero-order valence-electron chi connectivity index (χ0n) is 10.8. The van der Waals surface area contributed by atoms with Gasteiger partial charge in [-0.1, -0.05) is 12.1 Å². The first kappa shape index (κ1) is 16.7. The number of halogens is 3. The molecule has 1 amide bonds. The van der Waals surface area contributed by atoms with Crippen molar-refractivity contribution in [2.45, 2.75) is 25.5 Å². The number of carbonyl (C=O) groups is 1. The lowest BCUT2D eigenvalue weighted by Crippen LogP contribution is -2.32. The summed E-state index contributed by atoms with van der Waals surface area (Å²) in [5.41, 5.74) is 6.51. The molecule has 112 valence electrons. The van der Waals surface area contributed by atoms with Crippen LogP contribution in [0.1, 0.15) is 12.0 Å². The highest BCUT2D eigenvalue weighted by atomic mass is 35.5. The molecule has 4 nitrogen and oxygen atoms in total. The summed E-state index contributed by atoms with van der Waals surface area (Å²) in [5.74, 6) is 0.102. The molecule has 1 atom stereocenters. The molecule has 1 heterocycles. The van der Waals surface area contributed by atoms with Gasteiger partial charge >= 0.3 is 6.61 Å². The quantitative estimate of drug-likeness (QED) is 0.923. The van der Waals surface area contributed by atoms with Crippen LogP contribution in [-0.2, 0) is 11.2 Å². The van der Waals surface area contributed by atoms with E-state index in [1.807, 2.05) is 0 Å². The van der Waals surface area contributed by atoms with E-state index in [2.05, 4.69) is 4.74 Å². The molecule has 2 N–H and O–H groups in total. The fraction of sp³-hybridized carbons (Fsp3) is 0.462. The van der Waals surface area contributed by atoms with E-state index in [4.69, 9.17) is 5.73 Å². The maximum Gasteiger partial charge on any atom is 0.387 e. The van der Waals surface area contributed by atoms with Crippen LogP contribution in [0, 0.1) is 0 Å². The SMILES string of the molecule is Cl.N[C@@H]1CCN(C(=O)Cc2ccc(OC(F)F)cc2)C1. The summed E-state index contributed by atoms with van der Waals surface area (Å²) in [6, 6.07) is 6.16. The molecular weight excluding hydrogens is 290 g/mol. The lowest BCUT2D eigenvalue weighted by molar-refractivity contribution is -0.129. The Hall–Kier alpha value is -1.40. The van der Waals surface area contributed by atoms with Crippen molar-refractivity contribution in [3.8, 4) is 5.75 Å². The minimum Gasteiger partial charge on any atom is -0.435 e. The lowest BCUT2D eigenvalue weighted by atomic mass is 10.1. The lowest BCUT2D eigenvalue weighted by Gasteiger charge is -2.15. The van der Waals surface area contributed by atoms with Crippen LogP contribution in [0.3, 0.4) is 0 Å². The number of likely N-dealkylation sites (tertiary alicyclic amines) is 1. The molecule has 1 fully saturated rings. The largest absolute Gasteiger partial charge is 0.435 e. The smallest absolute Gasteiger partial charge is 0.387 e. The van der Waals surface area contributed by atoms with Crippen LogP contribution in [0.5, 0.6) is 5.75 Å². The van der Waals surface area contributed by atoms with Gasteiger partial charge in [0.25, 0.3) is 0 Å². The number of ether oxygens (including phenoxy) is 1. The van der Waals surface area contributed by atoms with Gasteiger partial charge < -0.3 is 15.4 Å². The predicted octanol–water partition coefficient (Wildman–Crippen LogP) is 1.81. The Labute approximate surface area is 122 Å². The Morgan fingerprint density at radius 1 is 1.40 bits per heavy atom. The molecular formula is C13H17ClF2N2O2. The van der Waals surface area contributed by atoms with Gasteiger partial charge in [-0.25, -0.2) is 0 Å². The first-order chi connectivity index (χ1) is 9.04. The summed E-state index contributed by atoms with van der Waals surface area (Å²) in [5, 5.41) is 0. The van der Waals surface area contributed by atoms with E-state index in [1.165, 1.54) is 12.1 Å². The molecule has 1 aliphatic heterocycles. The predicted molar refractivity (Wildman–Crippen MR) is 73.2 cm³/mol. The highest BCUT2D eigenvalue weighted by molar-refractivity contribution is 5.85. The van der Waals surface area contributed by atoms with Crippen LogP contribution in [0.2, 0.25) is 0 Å². The van der Waals surface area contributed by atoms with E-state index in [1.54, 1.807) is 17.0 Å². The number of benzene rings is 1. The number of carbonyl (C=O) groups excluding carboxylic acids is 1. The normalized spacial score (nSPS) is 18.0. The number of amides is 1. The summed E-state index contributed by atoms with van der Waals surface area (Å²) in [4.78, 5) is 13.7. The number of nitrogens with two attached hydrogens (primary N) is 1. The minimum atomic E-state index is -2.83. The van der Waals surface area contributed by atoms with E-state index in [0.29, 0.717) is 13.1 Å². The second-order valence-corrected chi connectivity index (χ2v) is 4.59. The molecule has 2 rings (SSSR count). The molecule has 0 radical (unpaired) electrons. The fourth-order valence-electron chi connectivity index (χ4n) is 2.09. The number of nitrogens with zero attached hydrogens (tertiary/aromatic N) is 1. The maximum atomic E-state index is 12.0. The molecule has 1 aliphatic rings. The molecule has 0 spiro atoms. The van der Waals surface area contributed by atoms with Gasteiger partial charge in [0.05, 0.1) is 6.42 Å². The van der Waals surface area contributed by atoms with Crippen molar-refractivity contribution in [1.82, 2.24) is 4.90 Å². The average molecular weight is 307 g/mol. The van der Waals surface area contributed by atoms with Gasteiger partial charge in [-0.15, -0.1) is 12.4 Å². The summed E-state index contributed by atoms with van der Waals surface area (Å²) >= 11 is 0. The standard InChI is InChI=1S/C13H16F2N2O2.ClH/c14-13(15)19-11-3-1-9(2-4-11)7-12(18)17-6-5-10(16)8-17;/h1-4,10,13H,5-8,16H2;1H/t10-;/m1./s1. The molecule has 0 saturated carbocycles. The second-order valence-electron chi connectivity index (χ2n) is 4.59. The first-order valence-electron chi connectivity index (χ1n) is 6.11.